The summed E-state index contributed by atoms with van der Waals surface area (Å²) in [6.45, 7) is 0.461. The first-order chi connectivity index (χ1) is 9.53. The van der Waals surface area contributed by atoms with E-state index in [0.29, 0.717) is 6.54 Å². The predicted octanol–water partition coefficient (Wildman–Crippen LogP) is 2.64. The second-order valence-electron chi connectivity index (χ2n) is 4.52. The summed E-state index contributed by atoms with van der Waals surface area (Å²) >= 11 is 0. The molecule has 0 aliphatic carbocycles. The van der Waals surface area contributed by atoms with Crippen LogP contribution in [-0.2, 0) is 0 Å². The Morgan fingerprint density at radius 1 is 1.30 bits per heavy atom. The Bertz CT molecular complexity index is 416. The molecule has 0 aliphatic heterocycles. The zero-order valence-electron chi connectivity index (χ0n) is 12.1. The fourth-order valence-corrected chi connectivity index (χ4v) is 2.17. The molecule has 0 fully saturated rings. The number of hydrogen-bond donors (Lipinski definition) is 1. The lowest BCUT2D eigenvalue weighted by Crippen LogP contribution is -2.31. The number of hydrogen-bond acceptors (Lipinski definition) is 4. The van der Waals surface area contributed by atoms with E-state index in [4.69, 9.17) is 10.5 Å². The number of methoxy groups -OCH3 is 1. The highest BCUT2D eigenvalue weighted by Crippen LogP contribution is 2.32. The van der Waals surface area contributed by atoms with Crippen LogP contribution < -0.4 is 15.2 Å². The molecule has 0 amide bonds. The van der Waals surface area contributed by atoms with Gasteiger partial charge in [0.15, 0.2) is 11.5 Å². The summed E-state index contributed by atoms with van der Waals surface area (Å²) in [6, 6.07) is 4.96. The Kier molecular flexibility index (Phi) is 6.67. The molecule has 4 nitrogen and oxygen atoms in total. The van der Waals surface area contributed by atoms with E-state index >= 15 is 0 Å². The van der Waals surface area contributed by atoms with Gasteiger partial charge in [0, 0.05) is 12.6 Å². The van der Waals surface area contributed by atoms with Gasteiger partial charge in [-0.05, 0) is 37.7 Å². The molecule has 1 aromatic carbocycles. The molecule has 1 atom stereocenters. The standard InChI is InChI=1S/C14H22F2N2O2/c1-4-7-18(2)11(9-17)10-5-6-12(19-3)13(8-10)20-14(15)16/h5-6,8,11,14H,4,7,9,17H2,1-3H3. The van der Waals surface area contributed by atoms with Gasteiger partial charge in [-0.15, -0.1) is 0 Å². The van der Waals surface area contributed by atoms with Crippen molar-refractivity contribution in [3.05, 3.63) is 23.8 Å². The fraction of sp³-hybridized carbons (Fsp3) is 0.571. The zero-order chi connectivity index (χ0) is 15.1. The Balaban J connectivity index is 3.04. The van der Waals surface area contributed by atoms with Gasteiger partial charge in [0.1, 0.15) is 0 Å². The smallest absolute Gasteiger partial charge is 0.387 e. The van der Waals surface area contributed by atoms with Gasteiger partial charge in [0.05, 0.1) is 7.11 Å². The normalized spacial score (nSPS) is 12.8. The van der Waals surface area contributed by atoms with Crippen LogP contribution in [0.15, 0.2) is 18.2 Å². The molecule has 0 radical (unpaired) electrons. The largest absolute Gasteiger partial charge is 0.493 e. The van der Waals surface area contributed by atoms with Gasteiger partial charge in [-0.2, -0.15) is 8.78 Å². The molecule has 20 heavy (non-hydrogen) atoms. The number of alkyl halides is 2. The van der Waals surface area contributed by atoms with Crippen LogP contribution in [0.1, 0.15) is 24.9 Å². The van der Waals surface area contributed by atoms with Gasteiger partial charge in [0.2, 0.25) is 0 Å². The van der Waals surface area contributed by atoms with E-state index in [2.05, 4.69) is 16.6 Å². The Morgan fingerprint density at radius 3 is 2.50 bits per heavy atom. The molecule has 0 bridgehead atoms. The first-order valence-corrected chi connectivity index (χ1v) is 6.56. The van der Waals surface area contributed by atoms with E-state index in [1.54, 1.807) is 12.1 Å². The van der Waals surface area contributed by atoms with Crippen LogP contribution in [0.4, 0.5) is 8.78 Å². The lowest BCUT2D eigenvalue weighted by molar-refractivity contribution is -0.0513. The summed E-state index contributed by atoms with van der Waals surface area (Å²) < 4.78 is 34.3. The average Bonchev–Trinajstić information content (AvgIpc) is 2.39. The number of halogens is 2. The van der Waals surface area contributed by atoms with Crippen molar-refractivity contribution < 1.29 is 18.3 Å². The predicted molar refractivity (Wildman–Crippen MR) is 74.3 cm³/mol. The molecule has 6 heteroatoms. The van der Waals surface area contributed by atoms with Crippen molar-refractivity contribution in [3.63, 3.8) is 0 Å². The second-order valence-corrected chi connectivity index (χ2v) is 4.52. The molecule has 0 spiro atoms. The highest BCUT2D eigenvalue weighted by molar-refractivity contribution is 5.44. The first kappa shape index (κ1) is 16.7. The van der Waals surface area contributed by atoms with E-state index in [9.17, 15) is 8.78 Å². The van der Waals surface area contributed by atoms with Crippen LogP contribution >= 0.6 is 0 Å². The molecule has 1 aromatic rings. The van der Waals surface area contributed by atoms with Gasteiger partial charge in [-0.1, -0.05) is 13.0 Å². The first-order valence-electron chi connectivity index (χ1n) is 6.56. The topological polar surface area (TPSA) is 47.7 Å². The number of nitrogens with two attached hydrogens (primary N) is 1. The number of rotatable bonds is 8. The van der Waals surface area contributed by atoms with Crippen molar-refractivity contribution in [2.24, 2.45) is 5.73 Å². The minimum absolute atomic E-state index is 0.0309. The summed E-state index contributed by atoms with van der Waals surface area (Å²) in [5.74, 6) is 0.311. The molecule has 0 heterocycles. The third-order valence-electron chi connectivity index (χ3n) is 3.12. The molecule has 1 rings (SSSR count). The summed E-state index contributed by atoms with van der Waals surface area (Å²) in [6.07, 6.45) is 0.990. The summed E-state index contributed by atoms with van der Waals surface area (Å²) in [7, 11) is 3.37. The van der Waals surface area contributed by atoms with Crippen LogP contribution in [-0.4, -0.2) is 38.8 Å². The van der Waals surface area contributed by atoms with Gasteiger partial charge >= 0.3 is 6.61 Å². The monoisotopic (exact) mass is 288 g/mol. The molecular formula is C14H22F2N2O2. The van der Waals surface area contributed by atoms with Crippen molar-refractivity contribution in [3.8, 4) is 11.5 Å². The highest BCUT2D eigenvalue weighted by Gasteiger charge is 2.18. The molecule has 0 aromatic heterocycles. The van der Waals surface area contributed by atoms with Gasteiger partial charge in [-0.3, -0.25) is 4.90 Å². The SMILES string of the molecule is CCCN(C)C(CN)c1ccc(OC)c(OC(F)F)c1. The maximum atomic E-state index is 12.4. The summed E-state index contributed by atoms with van der Waals surface area (Å²) in [5.41, 5.74) is 6.63. The third-order valence-corrected chi connectivity index (χ3v) is 3.12. The van der Waals surface area contributed by atoms with E-state index in [0.717, 1.165) is 18.5 Å². The highest BCUT2D eigenvalue weighted by atomic mass is 19.3. The molecule has 0 saturated heterocycles. The maximum Gasteiger partial charge on any atom is 0.387 e. The molecule has 0 aliphatic rings. The third kappa shape index (κ3) is 4.31. The number of likely N-dealkylation sites (N-methyl/N-ethyl adjacent to an activating group) is 1. The molecular weight excluding hydrogens is 266 g/mol. The zero-order valence-corrected chi connectivity index (χ0v) is 12.1. The lowest BCUT2D eigenvalue weighted by atomic mass is 10.0. The van der Waals surface area contributed by atoms with Crippen molar-refractivity contribution in [2.45, 2.75) is 26.0 Å². The Morgan fingerprint density at radius 2 is 2.00 bits per heavy atom. The average molecular weight is 288 g/mol. The van der Waals surface area contributed by atoms with Crippen molar-refractivity contribution in [1.82, 2.24) is 4.90 Å². The van der Waals surface area contributed by atoms with E-state index in [1.807, 2.05) is 13.1 Å². The summed E-state index contributed by atoms with van der Waals surface area (Å²) in [5, 5.41) is 0. The van der Waals surface area contributed by atoms with Crippen molar-refractivity contribution in [2.75, 3.05) is 27.2 Å². The minimum atomic E-state index is -2.89. The quantitative estimate of drug-likeness (QED) is 0.799. The minimum Gasteiger partial charge on any atom is -0.493 e. The van der Waals surface area contributed by atoms with Crippen LogP contribution in [0, 0.1) is 0 Å². The van der Waals surface area contributed by atoms with E-state index < -0.39 is 6.61 Å². The summed E-state index contributed by atoms with van der Waals surface area (Å²) in [4.78, 5) is 2.09. The maximum absolute atomic E-state index is 12.4. The van der Waals surface area contributed by atoms with Crippen molar-refractivity contribution in [1.29, 1.82) is 0 Å². The van der Waals surface area contributed by atoms with E-state index in [1.165, 1.54) is 7.11 Å². The van der Waals surface area contributed by atoms with Crippen LogP contribution in [0.25, 0.3) is 0 Å². The lowest BCUT2D eigenvalue weighted by Gasteiger charge is -2.27. The Labute approximate surface area is 118 Å². The van der Waals surface area contributed by atoms with Gasteiger partial charge in [-0.25, -0.2) is 0 Å². The molecule has 1 unspecified atom stereocenters. The Hall–Kier alpha value is -1.40. The molecule has 2 N–H and O–H groups in total. The number of ether oxygens (including phenoxy) is 2. The van der Waals surface area contributed by atoms with Crippen LogP contribution in [0.2, 0.25) is 0 Å². The second kappa shape index (κ2) is 8.01. The van der Waals surface area contributed by atoms with Gasteiger partial charge in [0.25, 0.3) is 0 Å². The molecule has 114 valence electrons. The van der Waals surface area contributed by atoms with Crippen molar-refractivity contribution >= 4 is 0 Å². The number of nitrogens with zero attached hydrogens (tertiary/aromatic N) is 1. The van der Waals surface area contributed by atoms with Gasteiger partial charge < -0.3 is 15.2 Å². The number of benzene rings is 1. The molecule has 0 saturated carbocycles. The van der Waals surface area contributed by atoms with Crippen LogP contribution in [0.3, 0.4) is 0 Å². The van der Waals surface area contributed by atoms with Crippen LogP contribution in [0.5, 0.6) is 11.5 Å². The fourth-order valence-electron chi connectivity index (χ4n) is 2.17. The van der Waals surface area contributed by atoms with E-state index in [-0.39, 0.29) is 17.5 Å².